The van der Waals surface area contributed by atoms with E-state index in [4.69, 9.17) is 9.84 Å². The molecule has 16 heavy (non-hydrogen) atoms. The highest BCUT2D eigenvalue weighted by Crippen LogP contribution is 2.20. The molecule has 1 saturated heterocycles. The van der Waals surface area contributed by atoms with Gasteiger partial charge in [-0.05, 0) is 6.42 Å². The highest BCUT2D eigenvalue weighted by Gasteiger charge is 2.44. The number of methoxy groups -OCH3 is 1. The van der Waals surface area contributed by atoms with Crippen LogP contribution in [-0.4, -0.2) is 68.0 Å². The Bertz CT molecular complexity index is 355. The highest BCUT2D eigenvalue weighted by atomic mass is 32.2. The maximum absolute atomic E-state index is 11.7. The maximum Gasteiger partial charge on any atom is 0.323 e. The molecule has 1 unspecified atom stereocenters. The molecule has 1 atom stereocenters. The third-order valence-electron chi connectivity index (χ3n) is 2.55. The number of nitrogens with zero attached hydrogens (tertiary/aromatic N) is 2. The maximum atomic E-state index is 11.7. The molecule has 94 valence electrons. The van der Waals surface area contributed by atoms with Crippen molar-refractivity contribution in [3.05, 3.63) is 0 Å². The van der Waals surface area contributed by atoms with Gasteiger partial charge in [0.1, 0.15) is 6.04 Å². The average molecular weight is 252 g/mol. The Morgan fingerprint density at radius 3 is 2.62 bits per heavy atom. The fourth-order valence-corrected chi connectivity index (χ4v) is 3.10. The Morgan fingerprint density at radius 1 is 1.56 bits per heavy atom. The number of aliphatic carboxylic acids is 1. The molecule has 0 aliphatic carbocycles. The molecular weight excluding hydrogens is 236 g/mol. The molecule has 0 spiro atoms. The van der Waals surface area contributed by atoms with E-state index in [0.29, 0.717) is 13.0 Å². The molecule has 0 saturated carbocycles. The zero-order chi connectivity index (χ0) is 12.3. The predicted octanol–water partition coefficient (Wildman–Crippen LogP) is -1.03. The molecule has 0 aromatic heterocycles. The van der Waals surface area contributed by atoms with Gasteiger partial charge in [-0.1, -0.05) is 0 Å². The molecule has 1 aliphatic heterocycles. The van der Waals surface area contributed by atoms with Crippen LogP contribution >= 0.6 is 0 Å². The van der Waals surface area contributed by atoms with Crippen molar-refractivity contribution in [1.29, 1.82) is 0 Å². The van der Waals surface area contributed by atoms with E-state index < -0.39 is 22.2 Å². The number of rotatable bonds is 5. The summed E-state index contributed by atoms with van der Waals surface area (Å²) in [6, 6.07) is -0.993. The highest BCUT2D eigenvalue weighted by molar-refractivity contribution is 7.87. The van der Waals surface area contributed by atoms with Crippen molar-refractivity contribution in [2.45, 2.75) is 12.5 Å². The van der Waals surface area contributed by atoms with Crippen molar-refractivity contribution < 1.29 is 23.1 Å². The molecule has 1 aliphatic rings. The molecule has 0 amide bonds. The quantitative estimate of drug-likeness (QED) is 0.632. The van der Waals surface area contributed by atoms with Crippen LogP contribution in [0.3, 0.4) is 0 Å². The fourth-order valence-electron chi connectivity index (χ4n) is 1.57. The van der Waals surface area contributed by atoms with E-state index in [0.717, 1.165) is 4.31 Å². The second-order valence-electron chi connectivity index (χ2n) is 3.58. The number of carboxylic acid groups (broad SMARTS) is 1. The molecule has 7 nitrogen and oxygen atoms in total. The van der Waals surface area contributed by atoms with Crippen molar-refractivity contribution in [1.82, 2.24) is 8.61 Å². The van der Waals surface area contributed by atoms with Crippen LogP contribution in [0.1, 0.15) is 6.42 Å². The number of carboxylic acids is 1. The molecule has 0 bridgehead atoms. The summed E-state index contributed by atoms with van der Waals surface area (Å²) in [4.78, 5) is 10.8. The number of hydrogen-bond acceptors (Lipinski definition) is 4. The van der Waals surface area contributed by atoms with Crippen molar-refractivity contribution >= 4 is 16.2 Å². The summed E-state index contributed by atoms with van der Waals surface area (Å²) < 4.78 is 30.4. The largest absolute Gasteiger partial charge is 0.480 e. The molecule has 1 N–H and O–H groups in total. The molecule has 1 rings (SSSR count). The normalized spacial score (nSPS) is 26.0. The lowest BCUT2D eigenvalue weighted by Crippen LogP contribution is -2.36. The van der Waals surface area contributed by atoms with Crippen molar-refractivity contribution in [3.63, 3.8) is 0 Å². The van der Waals surface area contributed by atoms with E-state index in [1.807, 2.05) is 0 Å². The number of likely N-dealkylation sites (N-methyl/N-ethyl adjacent to an activating group) is 1. The zero-order valence-corrected chi connectivity index (χ0v) is 10.1. The molecule has 8 heteroatoms. The van der Waals surface area contributed by atoms with Crippen LogP contribution in [0.5, 0.6) is 0 Å². The Morgan fingerprint density at radius 2 is 2.19 bits per heavy atom. The first-order valence-corrected chi connectivity index (χ1v) is 6.25. The summed E-state index contributed by atoms with van der Waals surface area (Å²) in [7, 11) is -0.796. The Labute approximate surface area is 94.8 Å². The predicted molar refractivity (Wildman–Crippen MR) is 56.2 cm³/mol. The number of carbonyl (C=O) groups is 1. The van der Waals surface area contributed by atoms with E-state index in [9.17, 15) is 13.2 Å². The van der Waals surface area contributed by atoms with E-state index in [-0.39, 0.29) is 13.1 Å². The first-order chi connectivity index (χ1) is 7.41. The number of ether oxygens (including phenoxy) is 1. The van der Waals surface area contributed by atoms with Crippen LogP contribution in [-0.2, 0) is 19.7 Å². The monoisotopic (exact) mass is 252 g/mol. The van der Waals surface area contributed by atoms with Crippen LogP contribution in [0.25, 0.3) is 0 Å². The Hall–Kier alpha value is -0.700. The second kappa shape index (κ2) is 5.09. The minimum Gasteiger partial charge on any atom is -0.480 e. The summed E-state index contributed by atoms with van der Waals surface area (Å²) in [5.41, 5.74) is 0. The topological polar surface area (TPSA) is 87.2 Å². The Balaban J connectivity index is 2.70. The van der Waals surface area contributed by atoms with Gasteiger partial charge in [-0.15, -0.1) is 0 Å². The summed E-state index contributed by atoms with van der Waals surface area (Å²) in [5.74, 6) is -1.12. The van der Waals surface area contributed by atoms with Crippen molar-refractivity contribution in [2.75, 3.05) is 33.9 Å². The van der Waals surface area contributed by atoms with Gasteiger partial charge in [0.25, 0.3) is 10.2 Å². The van der Waals surface area contributed by atoms with Crippen LogP contribution in [0, 0.1) is 0 Å². The van der Waals surface area contributed by atoms with E-state index >= 15 is 0 Å². The first kappa shape index (κ1) is 13.4. The summed E-state index contributed by atoms with van der Waals surface area (Å²) in [6.45, 7) is 0.732. The Kier molecular flexibility index (Phi) is 4.25. The number of hydrogen-bond donors (Lipinski definition) is 1. The SMILES string of the molecule is COCCCN1CC(C(=O)O)N(C)S1(=O)=O. The van der Waals surface area contributed by atoms with Gasteiger partial charge < -0.3 is 9.84 Å². The summed E-state index contributed by atoms with van der Waals surface area (Å²) >= 11 is 0. The van der Waals surface area contributed by atoms with Gasteiger partial charge in [-0.25, -0.2) is 0 Å². The summed E-state index contributed by atoms with van der Waals surface area (Å²) in [5, 5.41) is 8.85. The van der Waals surface area contributed by atoms with E-state index in [1.165, 1.54) is 18.5 Å². The lowest BCUT2D eigenvalue weighted by atomic mass is 10.3. The van der Waals surface area contributed by atoms with Gasteiger partial charge in [-0.3, -0.25) is 4.79 Å². The first-order valence-electron chi connectivity index (χ1n) is 4.86. The van der Waals surface area contributed by atoms with Gasteiger partial charge >= 0.3 is 5.97 Å². The zero-order valence-electron chi connectivity index (χ0n) is 9.29. The third kappa shape index (κ3) is 2.51. The van der Waals surface area contributed by atoms with Gasteiger partial charge in [0.05, 0.1) is 0 Å². The minimum atomic E-state index is -3.61. The fraction of sp³-hybridized carbons (Fsp3) is 0.875. The molecule has 0 aromatic carbocycles. The van der Waals surface area contributed by atoms with Crippen LogP contribution in [0.2, 0.25) is 0 Å². The van der Waals surface area contributed by atoms with Gasteiger partial charge in [0, 0.05) is 33.9 Å². The van der Waals surface area contributed by atoms with Crippen molar-refractivity contribution in [2.24, 2.45) is 0 Å². The summed E-state index contributed by atoms with van der Waals surface area (Å²) in [6.07, 6.45) is 0.551. The molecule has 1 heterocycles. The van der Waals surface area contributed by atoms with E-state index in [1.54, 1.807) is 0 Å². The molecule has 0 aromatic rings. The van der Waals surface area contributed by atoms with Crippen LogP contribution in [0.15, 0.2) is 0 Å². The smallest absolute Gasteiger partial charge is 0.323 e. The van der Waals surface area contributed by atoms with Crippen LogP contribution in [0.4, 0.5) is 0 Å². The molecular formula is C8H16N2O5S. The molecule has 1 fully saturated rings. The standard InChI is InChI=1S/C8H16N2O5S/c1-9-7(8(11)12)6-10(16(9,13)14)4-3-5-15-2/h7H,3-6H2,1-2H3,(H,11,12). The van der Waals surface area contributed by atoms with Gasteiger partial charge in [0.2, 0.25) is 0 Å². The van der Waals surface area contributed by atoms with Crippen molar-refractivity contribution in [3.8, 4) is 0 Å². The van der Waals surface area contributed by atoms with E-state index in [2.05, 4.69) is 0 Å². The average Bonchev–Trinajstić information content (AvgIpc) is 2.42. The van der Waals surface area contributed by atoms with Gasteiger partial charge in [-0.2, -0.15) is 17.0 Å². The van der Waals surface area contributed by atoms with Gasteiger partial charge in [0.15, 0.2) is 0 Å². The lowest BCUT2D eigenvalue weighted by Gasteiger charge is -2.15. The van der Waals surface area contributed by atoms with Crippen LogP contribution < -0.4 is 0 Å². The second-order valence-corrected chi connectivity index (χ2v) is 5.57. The minimum absolute atomic E-state index is 0.00210. The lowest BCUT2D eigenvalue weighted by molar-refractivity contribution is -0.140. The molecule has 0 radical (unpaired) electrons. The third-order valence-corrected chi connectivity index (χ3v) is 4.51.